The van der Waals surface area contributed by atoms with Crippen LogP contribution in [0.3, 0.4) is 0 Å². The first-order valence-corrected chi connectivity index (χ1v) is 6.10. The van der Waals surface area contributed by atoms with Gasteiger partial charge in [-0.25, -0.2) is 0 Å². The minimum atomic E-state index is 0.116. The van der Waals surface area contributed by atoms with Crippen molar-refractivity contribution in [2.75, 3.05) is 0 Å². The number of fused-ring (bicyclic) bond motifs is 1. The van der Waals surface area contributed by atoms with E-state index in [4.69, 9.17) is 0 Å². The summed E-state index contributed by atoms with van der Waals surface area (Å²) in [7, 11) is 0. The number of aryl methyl sites for hydroxylation is 1. The molecule has 3 heteroatoms. The molecule has 0 fully saturated rings. The monoisotopic (exact) mass is 313 g/mol. The average molecular weight is 313 g/mol. The Labute approximate surface area is 102 Å². The van der Waals surface area contributed by atoms with E-state index in [0.717, 1.165) is 33.0 Å². The van der Waals surface area contributed by atoms with Gasteiger partial charge in [-0.1, -0.05) is 13.3 Å². The van der Waals surface area contributed by atoms with Crippen molar-refractivity contribution in [3.8, 4) is 0 Å². The Kier molecular flexibility index (Phi) is 3.09. The fourth-order valence-electron chi connectivity index (χ4n) is 1.68. The molecule has 0 amide bonds. The third-order valence-electron chi connectivity index (χ3n) is 2.37. The van der Waals surface area contributed by atoms with E-state index in [1.54, 1.807) is 6.07 Å². The molecule has 0 saturated heterocycles. The number of rotatable bonds is 2. The summed E-state index contributed by atoms with van der Waals surface area (Å²) in [5, 5.41) is 0.779. The third-order valence-corrected chi connectivity index (χ3v) is 3.04. The molecule has 15 heavy (non-hydrogen) atoms. The van der Waals surface area contributed by atoms with Crippen LogP contribution in [0.5, 0.6) is 0 Å². The molecule has 0 radical (unpaired) electrons. The third kappa shape index (κ3) is 2.22. The lowest BCUT2D eigenvalue weighted by Gasteiger charge is -2.03. The van der Waals surface area contributed by atoms with Crippen molar-refractivity contribution in [1.82, 2.24) is 4.98 Å². The van der Waals surface area contributed by atoms with Crippen LogP contribution in [0.2, 0.25) is 0 Å². The van der Waals surface area contributed by atoms with Gasteiger partial charge in [0.1, 0.15) is 0 Å². The Morgan fingerprint density at radius 1 is 1.33 bits per heavy atom. The van der Waals surface area contributed by atoms with E-state index in [9.17, 15) is 4.79 Å². The number of aromatic nitrogens is 1. The van der Waals surface area contributed by atoms with Gasteiger partial charge in [-0.05, 0) is 47.2 Å². The van der Waals surface area contributed by atoms with Gasteiger partial charge in [0.25, 0.3) is 0 Å². The van der Waals surface area contributed by atoms with Crippen molar-refractivity contribution >= 4 is 33.5 Å². The Bertz CT molecular complexity index is 545. The Morgan fingerprint density at radius 2 is 2.13 bits per heavy atom. The molecule has 2 rings (SSSR count). The largest absolute Gasteiger partial charge is 0.358 e. The number of H-pyrrole nitrogens is 1. The first-order chi connectivity index (χ1) is 7.20. The second kappa shape index (κ2) is 4.35. The molecule has 0 aliphatic heterocycles. The SMILES string of the molecule is CCCc1cc(=O)c2cc(I)ccc2[nH]1. The van der Waals surface area contributed by atoms with E-state index < -0.39 is 0 Å². The zero-order valence-electron chi connectivity index (χ0n) is 8.51. The highest BCUT2D eigenvalue weighted by molar-refractivity contribution is 14.1. The van der Waals surface area contributed by atoms with E-state index in [-0.39, 0.29) is 5.43 Å². The summed E-state index contributed by atoms with van der Waals surface area (Å²) in [5.41, 5.74) is 2.08. The van der Waals surface area contributed by atoms with Gasteiger partial charge in [0.2, 0.25) is 0 Å². The van der Waals surface area contributed by atoms with Crippen molar-refractivity contribution in [2.24, 2.45) is 0 Å². The summed E-state index contributed by atoms with van der Waals surface area (Å²) in [6, 6.07) is 7.61. The minimum Gasteiger partial charge on any atom is -0.358 e. The van der Waals surface area contributed by atoms with Crippen LogP contribution in [0, 0.1) is 3.57 Å². The van der Waals surface area contributed by atoms with Crippen molar-refractivity contribution < 1.29 is 0 Å². The zero-order valence-corrected chi connectivity index (χ0v) is 10.7. The van der Waals surface area contributed by atoms with Crippen molar-refractivity contribution in [2.45, 2.75) is 19.8 Å². The standard InChI is InChI=1S/C12H12INO/c1-2-3-9-7-12(15)10-6-8(13)4-5-11(10)14-9/h4-7H,2-3H2,1H3,(H,14,15). The number of nitrogens with one attached hydrogen (secondary N) is 1. The Balaban J connectivity index is 2.67. The molecule has 0 unspecified atom stereocenters. The van der Waals surface area contributed by atoms with E-state index in [1.165, 1.54) is 0 Å². The molecule has 78 valence electrons. The molecule has 1 aromatic heterocycles. The summed E-state index contributed by atoms with van der Waals surface area (Å²) >= 11 is 2.22. The van der Waals surface area contributed by atoms with Crippen LogP contribution in [0.15, 0.2) is 29.1 Å². The van der Waals surface area contributed by atoms with Crippen LogP contribution in [-0.4, -0.2) is 4.98 Å². The quantitative estimate of drug-likeness (QED) is 0.849. The second-order valence-corrected chi connectivity index (χ2v) is 4.84. The first kappa shape index (κ1) is 10.7. The van der Waals surface area contributed by atoms with Crippen molar-refractivity contribution in [1.29, 1.82) is 0 Å². The lowest BCUT2D eigenvalue weighted by Crippen LogP contribution is -2.05. The summed E-state index contributed by atoms with van der Waals surface area (Å²) in [5.74, 6) is 0. The number of aromatic amines is 1. The smallest absolute Gasteiger partial charge is 0.189 e. The zero-order chi connectivity index (χ0) is 10.8. The van der Waals surface area contributed by atoms with Crippen molar-refractivity contribution in [3.63, 3.8) is 0 Å². The number of halogens is 1. The van der Waals surface area contributed by atoms with Gasteiger partial charge in [0.05, 0.1) is 0 Å². The van der Waals surface area contributed by atoms with E-state index in [0.29, 0.717) is 0 Å². The molecule has 0 spiro atoms. The van der Waals surface area contributed by atoms with Crippen LogP contribution in [0.4, 0.5) is 0 Å². The molecule has 1 N–H and O–H groups in total. The summed E-state index contributed by atoms with van der Waals surface area (Å²) in [4.78, 5) is 15.1. The van der Waals surface area contributed by atoms with E-state index >= 15 is 0 Å². The number of hydrogen-bond acceptors (Lipinski definition) is 1. The molecule has 1 aromatic carbocycles. The molecular formula is C12H12INO. The fraction of sp³-hybridized carbons (Fsp3) is 0.250. The van der Waals surface area contributed by atoms with E-state index in [1.807, 2.05) is 18.2 Å². The van der Waals surface area contributed by atoms with Crippen LogP contribution in [0.1, 0.15) is 19.0 Å². The molecule has 0 aliphatic carbocycles. The van der Waals surface area contributed by atoms with Crippen LogP contribution in [-0.2, 0) is 6.42 Å². The van der Waals surface area contributed by atoms with Gasteiger partial charge < -0.3 is 4.98 Å². The summed E-state index contributed by atoms with van der Waals surface area (Å²) in [6.45, 7) is 2.11. The maximum absolute atomic E-state index is 11.8. The highest BCUT2D eigenvalue weighted by Gasteiger charge is 2.01. The van der Waals surface area contributed by atoms with Gasteiger partial charge >= 0.3 is 0 Å². The maximum atomic E-state index is 11.8. The first-order valence-electron chi connectivity index (χ1n) is 5.02. The highest BCUT2D eigenvalue weighted by atomic mass is 127. The molecule has 0 atom stereocenters. The fourth-order valence-corrected chi connectivity index (χ4v) is 2.17. The molecule has 1 heterocycles. The normalized spacial score (nSPS) is 10.8. The molecule has 2 nitrogen and oxygen atoms in total. The molecule has 0 saturated carbocycles. The average Bonchev–Trinajstić information content (AvgIpc) is 2.20. The minimum absolute atomic E-state index is 0.116. The maximum Gasteiger partial charge on any atom is 0.189 e. The number of benzene rings is 1. The number of hydrogen-bond donors (Lipinski definition) is 1. The summed E-state index contributed by atoms with van der Waals surface area (Å²) in [6.07, 6.45) is 1.98. The predicted octanol–water partition coefficient (Wildman–Crippen LogP) is 3.09. The van der Waals surface area contributed by atoms with Crippen LogP contribution >= 0.6 is 22.6 Å². The highest BCUT2D eigenvalue weighted by Crippen LogP contribution is 2.13. The lowest BCUT2D eigenvalue weighted by molar-refractivity contribution is 0.888. The van der Waals surface area contributed by atoms with Crippen LogP contribution in [0.25, 0.3) is 10.9 Å². The Morgan fingerprint density at radius 3 is 2.87 bits per heavy atom. The van der Waals surface area contributed by atoms with Gasteiger partial charge in [0.15, 0.2) is 5.43 Å². The van der Waals surface area contributed by atoms with E-state index in [2.05, 4.69) is 34.5 Å². The van der Waals surface area contributed by atoms with Gasteiger partial charge in [-0.15, -0.1) is 0 Å². The molecular weight excluding hydrogens is 301 g/mol. The predicted molar refractivity (Wildman–Crippen MR) is 71.3 cm³/mol. The molecule has 0 aliphatic rings. The molecule has 2 aromatic rings. The van der Waals surface area contributed by atoms with Gasteiger partial charge in [-0.3, -0.25) is 4.79 Å². The second-order valence-electron chi connectivity index (χ2n) is 3.60. The number of pyridine rings is 1. The molecule has 0 bridgehead atoms. The topological polar surface area (TPSA) is 32.9 Å². The Hall–Kier alpha value is -0.840. The van der Waals surface area contributed by atoms with Gasteiger partial charge in [-0.2, -0.15) is 0 Å². The summed E-state index contributed by atoms with van der Waals surface area (Å²) < 4.78 is 1.09. The van der Waals surface area contributed by atoms with Crippen LogP contribution < -0.4 is 5.43 Å². The van der Waals surface area contributed by atoms with Crippen molar-refractivity contribution in [3.05, 3.63) is 43.8 Å². The van der Waals surface area contributed by atoms with Gasteiger partial charge in [0, 0.05) is 26.2 Å². The lowest BCUT2D eigenvalue weighted by atomic mass is 10.1.